The number of aliphatic hydroxyl groups is 3. The van der Waals surface area contributed by atoms with Crippen molar-refractivity contribution >= 4 is 12.4 Å². The number of hydrogen-bond donors (Lipinski definition) is 3. The molecule has 0 aromatic heterocycles. The van der Waals surface area contributed by atoms with Crippen LogP contribution in [-0.4, -0.2) is 58.7 Å². The maximum Gasteiger partial charge on any atom is 0.161 e. The first-order chi connectivity index (χ1) is 15.5. The lowest BCUT2D eigenvalue weighted by Crippen LogP contribution is -2.52. The monoisotopic (exact) mass is 471 g/mol. The summed E-state index contributed by atoms with van der Waals surface area (Å²) in [6.45, 7) is 0.730. The number of nitrogens with zero attached hydrogens (tertiary/aromatic N) is 1. The minimum absolute atomic E-state index is 0. The van der Waals surface area contributed by atoms with Crippen LogP contribution in [0, 0.1) is 0 Å². The molecule has 1 aliphatic heterocycles. The maximum absolute atomic E-state index is 11.3. The number of halogens is 1. The van der Waals surface area contributed by atoms with Crippen molar-refractivity contribution in [2.75, 3.05) is 32.8 Å². The van der Waals surface area contributed by atoms with Crippen molar-refractivity contribution in [3.8, 4) is 11.5 Å². The zero-order valence-electron chi connectivity index (χ0n) is 18.3. The number of fused-ring (bicyclic) bond motifs is 1. The van der Waals surface area contributed by atoms with Crippen LogP contribution in [0.2, 0.25) is 0 Å². The van der Waals surface area contributed by atoms with Gasteiger partial charge in [0.25, 0.3) is 0 Å². The molecule has 0 saturated heterocycles. The molecule has 3 aromatic carbocycles. The summed E-state index contributed by atoms with van der Waals surface area (Å²) in [5.41, 5.74) is 0.241. The van der Waals surface area contributed by atoms with Gasteiger partial charge in [0.1, 0.15) is 18.8 Å². The molecule has 1 aliphatic rings. The fourth-order valence-corrected chi connectivity index (χ4v) is 3.92. The number of rotatable bonds is 8. The summed E-state index contributed by atoms with van der Waals surface area (Å²) in [4.78, 5) is 1.86. The van der Waals surface area contributed by atoms with E-state index >= 15 is 0 Å². The van der Waals surface area contributed by atoms with Crippen molar-refractivity contribution in [1.82, 2.24) is 4.90 Å². The summed E-state index contributed by atoms with van der Waals surface area (Å²) in [5, 5.41) is 32.9. The zero-order chi connectivity index (χ0) is 22.4. The number of benzene rings is 3. The molecule has 3 N–H and O–H groups in total. The molecular formula is C26H30ClNO5. The van der Waals surface area contributed by atoms with Gasteiger partial charge in [0.05, 0.1) is 12.2 Å². The average molecular weight is 472 g/mol. The molecule has 2 unspecified atom stereocenters. The molecule has 6 nitrogen and oxygen atoms in total. The van der Waals surface area contributed by atoms with Crippen LogP contribution in [0.25, 0.3) is 0 Å². The lowest BCUT2D eigenvalue weighted by atomic mass is 10.0. The molecule has 7 heteroatoms. The molecule has 3 aromatic rings. The van der Waals surface area contributed by atoms with E-state index < -0.39 is 17.8 Å². The number of aliphatic hydroxyl groups excluding tert-OH is 2. The van der Waals surface area contributed by atoms with E-state index in [2.05, 4.69) is 0 Å². The smallest absolute Gasteiger partial charge is 0.161 e. The van der Waals surface area contributed by atoms with E-state index in [9.17, 15) is 15.3 Å². The Morgan fingerprint density at radius 3 is 1.52 bits per heavy atom. The molecule has 0 fully saturated rings. The van der Waals surface area contributed by atoms with Crippen LogP contribution in [0.3, 0.4) is 0 Å². The number of para-hydroxylation sites is 2. The highest BCUT2D eigenvalue weighted by Crippen LogP contribution is 2.31. The molecule has 2 atom stereocenters. The maximum atomic E-state index is 11.3. The van der Waals surface area contributed by atoms with E-state index in [1.54, 1.807) is 12.1 Å². The van der Waals surface area contributed by atoms with Crippen molar-refractivity contribution in [1.29, 1.82) is 0 Å². The lowest BCUT2D eigenvalue weighted by Gasteiger charge is -2.34. The van der Waals surface area contributed by atoms with Gasteiger partial charge in [0.2, 0.25) is 0 Å². The minimum Gasteiger partial charge on any atom is -0.487 e. The Balaban J connectivity index is 0.00000306. The highest BCUT2D eigenvalue weighted by Gasteiger charge is 2.36. The fraction of sp³-hybridized carbons (Fsp3) is 0.308. The Labute approximate surface area is 200 Å². The predicted octanol–water partition coefficient (Wildman–Crippen LogP) is 3.38. The standard InChI is InChI=1S/C26H29NO5.ClH/c28-22(20-9-3-1-4-10-20)15-27(16-23(29)21-11-5-2-6-12-21)17-26(30)18-31-24-13-7-8-14-25(24)32-19-26;/h1-14,22-23,28-30H,15-19H2;1H. The highest BCUT2D eigenvalue weighted by molar-refractivity contribution is 5.85. The first-order valence-corrected chi connectivity index (χ1v) is 10.8. The van der Waals surface area contributed by atoms with Crippen molar-refractivity contribution in [2.45, 2.75) is 17.8 Å². The quantitative estimate of drug-likeness (QED) is 0.467. The van der Waals surface area contributed by atoms with Gasteiger partial charge in [-0.2, -0.15) is 0 Å². The summed E-state index contributed by atoms with van der Waals surface area (Å²) in [5.74, 6) is 1.17. The second-order valence-corrected chi connectivity index (χ2v) is 8.30. The van der Waals surface area contributed by atoms with E-state index in [4.69, 9.17) is 9.47 Å². The van der Waals surface area contributed by atoms with Gasteiger partial charge in [0, 0.05) is 19.6 Å². The summed E-state index contributed by atoms with van der Waals surface area (Å²) in [7, 11) is 0. The predicted molar refractivity (Wildman–Crippen MR) is 129 cm³/mol. The molecule has 0 saturated carbocycles. The van der Waals surface area contributed by atoms with Gasteiger partial charge in [-0.05, 0) is 23.3 Å². The van der Waals surface area contributed by atoms with Gasteiger partial charge >= 0.3 is 0 Å². The average Bonchev–Trinajstić information content (AvgIpc) is 2.99. The summed E-state index contributed by atoms with van der Waals surface area (Å²) in [6.07, 6.45) is -1.54. The molecule has 33 heavy (non-hydrogen) atoms. The summed E-state index contributed by atoms with van der Waals surface area (Å²) < 4.78 is 11.6. The molecule has 0 bridgehead atoms. The van der Waals surface area contributed by atoms with Gasteiger partial charge in [-0.1, -0.05) is 72.8 Å². The van der Waals surface area contributed by atoms with Crippen molar-refractivity contribution < 1.29 is 24.8 Å². The zero-order valence-corrected chi connectivity index (χ0v) is 19.1. The Kier molecular flexibility index (Phi) is 8.72. The van der Waals surface area contributed by atoms with Crippen LogP contribution in [0.1, 0.15) is 23.3 Å². The largest absolute Gasteiger partial charge is 0.487 e. The number of hydrogen-bond acceptors (Lipinski definition) is 6. The summed E-state index contributed by atoms with van der Waals surface area (Å²) >= 11 is 0. The van der Waals surface area contributed by atoms with Gasteiger partial charge in [-0.3, -0.25) is 4.90 Å². The van der Waals surface area contributed by atoms with Crippen molar-refractivity contribution in [2.24, 2.45) is 0 Å². The first kappa shape index (κ1) is 25.0. The van der Waals surface area contributed by atoms with Crippen molar-refractivity contribution in [3.05, 3.63) is 96.1 Å². The second kappa shape index (κ2) is 11.5. The van der Waals surface area contributed by atoms with E-state index in [0.717, 1.165) is 11.1 Å². The third-order valence-corrected chi connectivity index (χ3v) is 5.59. The van der Waals surface area contributed by atoms with Crippen LogP contribution in [0.15, 0.2) is 84.9 Å². The SMILES string of the molecule is Cl.OC(CN(CC(O)c1ccccc1)CC1(O)COc2ccccc2OC1)c1ccccc1. The molecule has 4 rings (SSSR count). The summed E-state index contributed by atoms with van der Waals surface area (Å²) in [6, 6.07) is 26.0. The Hall–Kier alpha value is -2.61. The van der Waals surface area contributed by atoms with E-state index in [-0.39, 0.29) is 45.3 Å². The normalized spacial score (nSPS) is 16.4. The van der Waals surface area contributed by atoms with Crippen molar-refractivity contribution in [3.63, 3.8) is 0 Å². The van der Waals surface area contributed by atoms with Gasteiger partial charge in [0.15, 0.2) is 11.5 Å². The van der Waals surface area contributed by atoms with Crippen LogP contribution in [0.5, 0.6) is 11.5 Å². The highest BCUT2D eigenvalue weighted by atomic mass is 35.5. The molecule has 0 amide bonds. The van der Waals surface area contributed by atoms with E-state index in [0.29, 0.717) is 11.5 Å². The topological polar surface area (TPSA) is 82.4 Å². The molecular weight excluding hydrogens is 442 g/mol. The lowest BCUT2D eigenvalue weighted by molar-refractivity contribution is -0.0639. The Bertz CT molecular complexity index is 914. The molecule has 1 heterocycles. The third kappa shape index (κ3) is 6.69. The third-order valence-electron chi connectivity index (χ3n) is 5.59. The molecule has 176 valence electrons. The van der Waals surface area contributed by atoms with Gasteiger partial charge in [-0.25, -0.2) is 0 Å². The van der Waals surface area contributed by atoms with E-state index in [1.807, 2.05) is 77.7 Å². The fourth-order valence-electron chi connectivity index (χ4n) is 3.92. The minimum atomic E-state index is -1.31. The van der Waals surface area contributed by atoms with Crippen LogP contribution in [-0.2, 0) is 0 Å². The van der Waals surface area contributed by atoms with E-state index in [1.165, 1.54) is 0 Å². The first-order valence-electron chi connectivity index (χ1n) is 10.8. The Morgan fingerprint density at radius 1 is 0.697 bits per heavy atom. The Morgan fingerprint density at radius 2 is 1.09 bits per heavy atom. The van der Waals surface area contributed by atoms with Gasteiger partial charge < -0.3 is 24.8 Å². The van der Waals surface area contributed by atoms with Crippen LogP contribution in [0.4, 0.5) is 0 Å². The molecule has 0 aliphatic carbocycles. The molecule has 0 spiro atoms. The molecule has 0 radical (unpaired) electrons. The number of ether oxygens (including phenoxy) is 2. The second-order valence-electron chi connectivity index (χ2n) is 8.30. The van der Waals surface area contributed by atoms with Crippen LogP contribution >= 0.6 is 12.4 Å². The van der Waals surface area contributed by atoms with Gasteiger partial charge in [-0.15, -0.1) is 12.4 Å². The van der Waals surface area contributed by atoms with Crippen LogP contribution < -0.4 is 9.47 Å².